The maximum absolute atomic E-state index is 9.53. The number of hydrogen-bond donors (Lipinski definition) is 0. The topological polar surface area (TPSA) is 69.2 Å². The van der Waals surface area contributed by atoms with Crippen LogP contribution in [0.3, 0.4) is 0 Å². The van der Waals surface area contributed by atoms with Crippen LogP contribution in [0.2, 0.25) is 0 Å². The van der Waals surface area contributed by atoms with Crippen LogP contribution in [-0.2, 0) is 0 Å². The summed E-state index contributed by atoms with van der Waals surface area (Å²) in [5, 5.41) is 28.6. The Bertz CT molecular complexity index is 53.0. The Morgan fingerprint density at radius 1 is 0.562 bits per heavy atom. The summed E-state index contributed by atoms with van der Waals surface area (Å²) in [6.07, 6.45) is 5.59. The van der Waals surface area contributed by atoms with Gasteiger partial charge in [0.05, 0.1) is 0 Å². The molecule has 0 aliphatic heterocycles. The molecule has 0 aromatic heterocycles. The fraction of sp³-hybridized carbons (Fsp3) is 1.00. The Morgan fingerprint density at radius 3 is 0.750 bits per heavy atom. The molecule has 0 heterocycles. The van der Waals surface area contributed by atoms with E-state index in [0.29, 0.717) is 0 Å². The molecule has 16 heavy (non-hydrogen) atoms. The Kier molecular flexibility index (Phi) is 58.3. The molecule has 0 aliphatic rings. The van der Waals surface area contributed by atoms with E-state index in [-0.39, 0.29) is 60.2 Å². The maximum Gasteiger partial charge on any atom is 3.00 e. The van der Waals surface area contributed by atoms with E-state index in [2.05, 4.69) is 0 Å². The first-order valence-corrected chi connectivity index (χ1v) is 5.99. The second kappa shape index (κ2) is 36.0. The van der Waals surface area contributed by atoms with E-state index in [9.17, 15) is 15.3 Å². The van der Waals surface area contributed by atoms with Crippen LogP contribution < -0.4 is 15.3 Å². The van der Waals surface area contributed by atoms with Crippen molar-refractivity contribution in [3.8, 4) is 0 Å². The quantitative estimate of drug-likeness (QED) is 0.682. The van der Waals surface area contributed by atoms with Crippen LogP contribution in [0, 0.1) is 40.4 Å². The molecule has 3 nitrogen and oxygen atoms in total. The summed E-state index contributed by atoms with van der Waals surface area (Å²) in [7, 11) is 0. The second-order valence-electron chi connectivity index (χ2n) is 3.17. The largest absolute Gasteiger partial charge is 3.00 e. The monoisotopic (exact) mass is 371 g/mol. The summed E-state index contributed by atoms with van der Waals surface area (Å²) in [4.78, 5) is 0. The third-order valence-corrected chi connectivity index (χ3v) is 1.49. The molecule has 4 heteroatoms. The van der Waals surface area contributed by atoms with Gasteiger partial charge in [-0.3, -0.25) is 0 Å². The van der Waals surface area contributed by atoms with Crippen molar-refractivity contribution in [2.45, 2.75) is 59.3 Å². The first kappa shape index (κ1) is 25.9. The normalized spacial score (nSPS) is 7.88. The molecule has 0 amide bonds. The van der Waals surface area contributed by atoms with E-state index < -0.39 is 0 Å². The summed E-state index contributed by atoms with van der Waals surface area (Å²) in [6.45, 7) is 6.32. The molecule has 0 rings (SSSR count). The molecule has 0 spiro atoms. The third-order valence-electron chi connectivity index (χ3n) is 1.49. The maximum atomic E-state index is 9.53. The molecule has 0 fully saturated rings. The first-order chi connectivity index (χ1) is 7.24. The molecule has 0 bridgehead atoms. The fourth-order valence-corrected chi connectivity index (χ4v) is 0.433. The van der Waals surface area contributed by atoms with Crippen molar-refractivity contribution in [1.29, 1.82) is 0 Å². The molecule has 0 atom stereocenters. The van der Waals surface area contributed by atoms with Gasteiger partial charge >= 0.3 is 40.4 Å². The summed E-state index contributed by atoms with van der Waals surface area (Å²) >= 11 is 0. The van der Waals surface area contributed by atoms with Crippen molar-refractivity contribution in [3.05, 3.63) is 0 Å². The zero-order chi connectivity index (χ0) is 12.4. The standard InChI is InChI=1S/3C4H9O.Sm/c3*1-2-3-4-5;/h3*2-4H2,1H3;/q3*-1;+3. The summed E-state index contributed by atoms with van der Waals surface area (Å²) < 4.78 is 0. The van der Waals surface area contributed by atoms with Crippen molar-refractivity contribution in [2.75, 3.05) is 19.8 Å². The van der Waals surface area contributed by atoms with Gasteiger partial charge in [0.2, 0.25) is 0 Å². The van der Waals surface area contributed by atoms with Gasteiger partial charge in [0, 0.05) is 0 Å². The predicted molar refractivity (Wildman–Crippen MR) is 59.3 cm³/mol. The predicted octanol–water partition coefficient (Wildman–Crippen LogP) is 0.440. The van der Waals surface area contributed by atoms with Crippen molar-refractivity contribution >= 4 is 0 Å². The van der Waals surface area contributed by atoms with Crippen LogP contribution in [0.5, 0.6) is 0 Å². The van der Waals surface area contributed by atoms with Crippen molar-refractivity contribution in [1.82, 2.24) is 0 Å². The van der Waals surface area contributed by atoms with Gasteiger partial charge in [0.1, 0.15) is 0 Å². The molecular formula is C12H27O3Sm. The molecule has 1 radical (unpaired) electrons. The van der Waals surface area contributed by atoms with Gasteiger partial charge in [-0.2, -0.15) is 0 Å². The number of hydrogen-bond acceptors (Lipinski definition) is 3. The molecule has 0 N–H and O–H groups in total. The molecular weight excluding hydrogens is 342 g/mol. The zero-order valence-electron chi connectivity index (χ0n) is 11.0. The minimum atomic E-state index is 0. The van der Waals surface area contributed by atoms with Crippen LogP contribution in [0.25, 0.3) is 0 Å². The van der Waals surface area contributed by atoms with Crippen LogP contribution in [0.1, 0.15) is 59.3 Å². The summed E-state index contributed by atoms with van der Waals surface area (Å²) in [5.41, 5.74) is 0. The van der Waals surface area contributed by atoms with E-state index in [4.69, 9.17) is 0 Å². The van der Waals surface area contributed by atoms with E-state index in [1.165, 1.54) is 0 Å². The van der Waals surface area contributed by atoms with Crippen molar-refractivity contribution in [2.24, 2.45) is 0 Å². The Morgan fingerprint density at radius 2 is 0.750 bits per heavy atom. The van der Waals surface area contributed by atoms with Crippen LogP contribution in [-0.4, -0.2) is 19.8 Å². The van der Waals surface area contributed by atoms with Gasteiger partial charge in [0.25, 0.3) is 0 Å². The van der Waals surface area contributed by atoms with Gasteiger partial charge in [-0.15, -0.1) is 19.8 Å². The molecule has 0 saturated heterocycles. The third kappa shape index (κ3) is 59.0. The van der Waals surface area contributed by atoms with Gasteiger partial charge < -0.3 is 15.3 Å². The van der Waals surface area contributed by atoms with Gasteiger partial charge in [-0.05, 0) is 0 Å². The zero-order valence-corrected chi connectivity index (χ0v) is 13.6. The van der Waals surface area contributed by atoms with E-state index >= 15 is 0 Å². The first-order valence-electron chi connectivity index (χ1n) is 5.99. The summed E-state index contributed by atoms with van der Waals surface area (Å²) in [5.74, 6) is 0. The molecule has 0 unspecified atom stereocenters. The Balaban J connectivity index is -0.0000000655. The fourth-order valence-electron chi connectivity index (χ4n) is 0.433. The molecule has 0 aliphatic carbocycles. The minimum absolute atomic E-state index is 0. The second-order valence-corrected chi connectivity index (χ2v) is 3.17. The van der Waals surface area contributed by atoms with Gasteiger partial charge in [0.15, 0.2) is 0 Å². The van der Waals surface area contributed by atoms with E-state index in [1.807, 2.05) is 20.8 Å². The van der Waals surface area contributed by atoms with E-state index in [1.54, 1.807) is 0 Å². The van der Waals surface area contributed by atoms with Gasteiger partial charge in [-0.25, -0.2) is 0 Å². The molecule has 0 saturated carbocycles. The smallest absolute Gasteiger partial charge is 0.854 e. The SMILES string of the molecule is CCCC[O-].CCCC[O-].CCCC[O-].[Sm+3]. The summed E-state index contributed by atoms with van der Waals surface area (Å²) in [6, 6.07) is 0. The van der Waals surface area contributed by atoms with Crippen molar-refractivity contribution in [3.63, 3.8) is 0 Å². The van der Waals surface area contributed by atoms with Gasteiger partial charge in [-0.1, -0.05) is 59.3 Å². The molecule has 0 aromatic carbocycles. The Labute approximate surface area is 134 Å². The molecule has 0 aromatic rings. The van der Waals surface area contributed by atoms with Crippen LogP contribution in [0.15, 0.2) is 0 Å². The average Bonchev–Trinajstić information content (AvgIpc) is 2.23. The van der Waals surface area contributed by atoms with Crippen LogP contribution >= 0.6 is 0 Å². The van der Waals surface area contributed by atoms with E-state index in [0.717, 1.165) is 38.5 Å². The number of rotatable bonds is 6. The number of unbranched alkanes of at least 4 members (excludes halogenated alkanes) is 3. The van der Waals surface area contributed by atoms with Crippen molar-refractivity contribution < 1.29 is 55.7 Å². The van der Waals surface area contributed by atoms with Crippen LogP contribution in [0.4, 0.5) is 0 Å². The minimum Gasteiger partial charge on any atom is -0.854 e. The molecule has 99 valence electrons. The average molecular weight is 370 g/mol. The Hall–Kier alpha value is 1.22.